The van der Waals surface area contributed by atoms with E-state index in [-0.39, 0.29) is 11.4 Å². The zero-order chi connectivity index (χ0) is 20.7. The van der Waals surface area contributed by atoms with Gasteiger partial charge in [0.2, 0.25) is 5.89 Å². The molecule has 0 aliphatic carbocycles. The molecule has 0 aliphatic rings. The second kappa shape index (κ2) is 6.89. The van der Waals surface area contributed by atoms with Crippen molar-refractivity contribution in [1.82, 2.24) is 14.5 Å². The molecule has 0 radical (unpaired) electrons. The summed E-state index contributed by atoms with van der Waals surface area (Å²) in [6, 6.07) is 20.6. The number of oxazole rings is 1. The van der Waals surface area contributed by atoms with Crippen LogP contribution >= 0.6 is 0 Å². The molecule has 0 spiro atoms. The molecule has 30 heavy (non-hydrogen) atoms. The largest absolute Gasteiger partial charge is 0.506 e. The van der Waals surface area contributed by atoms with Crippen LogP contribution in [0, 0.1) is 0 Å². The minimum Gasteiger partial charge on any atom is -0.506 e. The maximum Gasteiger partial charge on any atom is 0.268 e. The highest BCUT2D eigenvalue weighted by molar-refractivity contribution is 5.93. The Bertz CT molecular complexity index is 1390. The molecule has 0 fully saturated rings. The number of carbonyl (C=O) groups excluding carboxylic acids is 1. The van der Waals surface area contributed by atoms with Gasteiger partial charge in [0.05, 0.1) is 5.69 Å². The number of primary amides is 1. The minimum absolute atomic E-state index is 0.0458. The second-order valence-corrected chi connectivity index (χ2v) is 6.77. The zero-order valence-corrected chi connectivity index (χ0v) is 15.7. The first-order valence-electron chi connectivity index (χ1n) is 9.23. The average Bonchev–Trinajstić information content (AvgIpc) is 3.42. The molecule has 0 unspecified atom stereocenters. The van der Waals surface area contributed by atoms with E-state index in [4.69, 9.17) is 15.1 Å². The van der Waals surface area contributed by atoms with Crippen LogP contribution in [-0.4, -0.2) is 25.5 Å². The number of fused-ring (bicyclic) bond motifs is 1. The number of aromatic hydroxyl groups is 1. The van der Waals surface area contributed by atoms with Crippen molar-refractivity contribution in [1.29, 1.82) is 0 Å². The van der Waals surface area contributed by atoms with Crippen molar-refractivity contribution >= 4 is 17.0 Å². The molecule has 7 heteroatoms. The maximum absolute atomic E-state index is 11.3. The van der Waals surface area contributed by atoms with Gasteiger partial charge in [-0.3, -0.25) is 4.79 Å². The fourth-order valence-corrected chi connectivity index (χ4v) is 3.37. The number of rotatable bonds is 4. The summed E-state index contributed by atoms with van der Waals surface area (Å²) in [5.74, 6) is -0.0487. The van der Waals surface area contributed by atoms with E-state index in [9.17, 15) is 9.90 Å². The molecule has 3 N–H and O–H groups in total. The molecular formula is C23H16N4O3. The van der Waals surface area contributed by atoms with Gasteiger partial charge in [0.15, 0.2) is 5.58 Å². The molecule has 2 aromatic heterocycles. The number of nitrogens with zero attached hydrogens (tertiary/aromatic N) is 3. The molecule has 0 bridgehead atoms. The van der Waals surface area contributed by atoms with E-state index in [1.54, 1.807) is 22.8 Å². The van der Waals surface area contributed by atoms with E-state index in [2.05, 4.69) is 4.98 Å². The summed E-state index contributed by atoms with van der Waals surface area (Å²) in [5.41, 5.74) is 9.83. The fourth-order valence-electron chi connectivity index (χ4n) is 3.37. The predicted molar refractivity (Wildman–Crippen MR) is 112 cm³/mol. The fraction of sp³-hybridized carbons (Fsp3) is 0. The van der Waals surface area contributed by atoms with Gasteiger partial charge in [-0.2, -0.15) is 0 Å². The van der Waals surface area contributed by atoms with Gasteiger partial charge in [0, 0.05) is 17.3 Å². The number of imidazole rings is 1. The molecule has 5 rings (SSSR count). The molecule has 0 saturated heterocycles. The third kappa shape index (κ3) is 2.98. The number of hydrogen-bond donors (Lipinski definition) is 2. The average molecular weight is 396 g/mol. The van der Waals surface area contributed by atoms with Crippen LogP contribution in [0.3, 0.4) is 0 Å². The predicted octanol–water partition coefficient (Wildman–Crippen LogP) is 4.15. The van der Waals surface area contributed by atoms with Crippen LogP contribution in [0.5, 0.6) is 5.75 Å². The normalized spacial score (nSPS) is 11.1. The van der Waals surface area contributed by atoms with Gasteiger partial charge in [0.25, 0.3) is 5.91 Å². The van der Waals surface area contributed by atoms with Crippen LogP contribution in [0.1, 0.15) is 10.5 Å². The Labute approximate surface area is 171 Å². The Morgan fingerprint density at radius 2 is 1.83 bits per heavy atom. The van der Waals surface area contributed by atoms with Crippen molar-refractivity contribution < 1.29 is 14.3 Å². The van der Waals surface area contributed by atoms with E-state index >= 15 is 0 Å². The summed E-state index contributed by atoms with van der Waals surface area (Å²) in [6.45, 7) is 0. The first-order valence-corrected chi connectivity index (χ1v) is 9.23. The SMILES string of the molecule is NC(=O)c1cn(-c2cc(-c3cccc4oc(-c5ccccc5)nc34)ccc2O)cn1. The number of phenols is 1. The highest BCUT2D eigenvalue weighted by Crippen LogP contribution is 2.34. The van der Waals surface area contributed by atoms with E-state index in [0.29, 0.717) is 17.2 Å². The highest BCUT2D eigenvalue weighted by Gasteiger charge is 2.15. The number of aromatic nitrogens is 3. The smallest absolute Gasteiger partial charge is 0.268 e. The number of carbonyl (C=O) groups is 1. The second-order valence-electron chi connectivity index (χ2n) is 6.77. The highest BCUT2D eigenvalue weighted by atomic mass is 16.3. The number of para-hydroxylation sites is 1. The topological polar surface area (TPSA) is 107 Å². The minimum atomic E-state index is -0.634. The van der Waals surface area contributed by atoms with Gasteiger partial charge in [-0.1, -0.05) is 36.4 Å². The molecule has 1 amide bonds. The summed E-state index contributed by atoms with van der Waals surface area (Å²) in [4.78, 5) is 20.0. The van der Waals surface area contributed by atoms with Gasteiger partial charge in [-0.05, 0) is 35.9 Å². The van der Waals surface area contributed by atoms with Gasteiger partial charge >= 0.3 is 0 Å². The van der Waals surface area contributed by atoms with Crippen molar-refractivity contribution in [3.8, 4) is 34.0 Å². The molecule has 2 heterocycles. The van der Waals surface area contributed by atoms with Crippen LogP contribution in [0.15, 0.2) is 83.7 Å². The van der Waals surface area contributed by atoms with Gasteiger partial charge in [-0.25, -0.2) is 9.97 Å². The molecule has 0 saturated carbocycles. The summed E-state index contributed by atoms with van der Waals surface area (Å²) >= 11 is 0. The van der Waals surface area contributed by atoms with Gasteiger partial charge in [0.1, 0.15) is 23.3 Å². The summed E-state index contributed by atoms with van der Waals surface area (Å²) in [6.07, 6.45) is 2.91. The Balaban J connectivity index is 1.63. The van der Waals surface area contributed by atoms with Crippen LogP contribution in [0.4, 0.5) is 0 Å². The Morgan fingerprint density at radius 1 is 1.00 bits per heavy atom. The van der Waals surface area contributed by atoms with Crippen molar-refractivity contribution in [2.45, 2.75) is 0 Å². The van der Waals surface area contributed by atoms with E-state index < -0.39 is 5.91 Å². The standard InChI is InChI=1S/C23H16N4O3/c24-22(29)17-12-27(13-25-17)18-11-15(9-10-19(18)28)16-7-4-8-20-21(16)26-23(30-20)14-5-2-1-3-6-14/h1-13,28H,(H2,24,29). The molecule has 5 aromatic rings. The number of benzene rings is 3. The van der Waals surface area contributed by atoms with E-state index in [0.717, 1.165) is 22.2 Å². The van der Waals surface area contributed by atoms with Gasteiger partial charge in [-0.15, -0.1) is 0 Å². The van der Waals surface area contributed by atoms with Crippen molar-refractivity contribution in [3.63, 3.8) is 0 Å². The molecule has 0 atom stereocenters. The Kier molecular flexibility index (Phi) is 4.07. The quantitative estimate of drug-likeness (QED) is 0.474. The first kappa shape index (κ1) is 17.7. The molecule has 7 nitrogen and oxygen atoms in total. The monoisotopic (exact) mass is 396 g/mol. The molecular weight excluding hydrogens is 380 g/mol. The van der Waals surface area contributed by atoms with Crippen LogP contribution in [-0.2, 0) is 0 Å². The van der Waals surface area contributed by atoms with Crippen molar-refractivity contribution in [2.24, 2.45) is 5.73 Å². The molecule has 0 aliphatic heterocycles. The lowest BCUT2D eigenvalue weighted by molar-refractivity contribution is 0.0996. The Hall–Kier alpha value is -4.39. The summed E-state index contributed by atoms with van der Waals surface area (Å²) < 4.78 is 7.51. The lowest BCUT2D eigenvalue weighted by Gasteiger charge is -2.09. The van der Waals surface area contributed by atoms with Crippen molar-refractivity contribution in [2.75, 3.05) is 0 Å². The van der Waals surface area contributed by atoms with E-state index in [1.165, 1.54) is 12.5 Å². The maximum atomic E-state index is 11.3. The number of nitrogens with two attached hydrogens (primary N) is 1. The summed E-state index contributed by atoms with van der Waals surface area (Å²) in [7, 11) is 0. The summed E-state index contributed by atoms with van der Waals surface area (Å²) in [5, 5.41) is 10.4. The number of amides is 1. The van der Waals surface area contributed by atoms with Crippen LogP contribution in [0.2, 0.25) is 0 Å². The van der Waals surface area contributed by atoms with Crippen molar-refractivity contribution in [3.05, 3.63) is 84.9 Å². The third-order valence-corrected chi connectivity index (χ3v) is 4.84. The van der Waals surface area contributed by atoms with Crippen LogP contribution in [0.25, 0.3) is 39.4 Å². The number of phenolic OH excluding ortho intramolecular Hbond substituents is 1. The third-order valence-electron chi connectivity index (χ3n) is 4.84. The Morgan fingerprint density at radius 3 is 2.60 bits per heavy atom. The van der Waals surface area contributed by atoms with Crippen LogP contribution < -0.4 is 5.73 Å². The lowest BCUT2D eigenvalue weighted by Crippen LogP contribution is -2.11. The van der Waals surface area contributed by atoms with E-state index in [1.807, 2.05) is 48.5 Å². The number of hydrogen-bond acceptors (Lipinski definition) is 5. The molecule has 146 valence electrons. The van der Waals surface area contributed by atoms with Gasteiger partial charge < -0.3 is 19.8 Å². The first-order chi connectivity index (χ1) is 14.6. The lowest BCUT2D eigenvalue weighted by atomic mass is 10.0. The molecule has 3 aromatic carbocycles. The zero-order valence-electron chi connectivity index (χ0n) is 15.7.